The van der Waals surface area contributed by atoms with Gasteiger partial charge in [-0.05, 0) is 0 Å². The quantitative estimate of drug-likeness (QED) is 0.605. The molecule has 0 aromatic carbocycles. The Hall–Kier alpha value is -1.85. The first-order valence-electron chi connectivity index (χ1n) is 3.20. The smallest absolute Gasteiger partial charge is 0.217 e. The van der Waals surface area contributed by atoms with Gasteiger partial charge in [0.05, 0.1) is 24.8 Å². The molecule has 0 spiro atoms. The van der Waals surface area contributed by atoms with E-state index in [1.54, 1.807) is 6.20 Å². The van der Waals surface area contributed by atoms with Crippen LogP contribution in [0.25, 0.3) is 5.95 Å². The third-order valence-corrected chi connectivity index (χ3v) is 1.23. The van der Waals surface area contributed by atoms with Gasteiger partial charge < -0.3 is 0 Å². The van der Waals surface area contributed by atoms with Gasteiger partial charge in [-0.1, -0.05) is 5.21 Å². The lowest BCUT2D eigenvalue weighted by molar-refractivity contribution is 0.607. The molecule has 0 saturated carbocycles. The molecule has 2 aromatic heterocycles. The predicted octanol–water partition coefficient (Wildman–Crippen LogP) is 0.196. The molecule has 2 heterocycles. The van der Waals surface area contributed by atoms with Gasteiger partial charge in [0.2, 0.25) is 0 Å². The predicted molar refractivity (Wildman–Crippen MR) is 36.9 cm³/mol. The van der Waals surface area contributed by atoms with Gasteiger partial charge in [-0.15, -0.1) is 5.10 Å². The van der Waals surface area contributed by atoms with Gasteiger partial charge >= 0.3 is 0 Å². The summed E-state index contributed by atoms with van der Waals surface area (Å²) in [6.45, 7) is 0. The summed E-state index contributed by atoms with van der Waals surface area (Å²) in [6.07, 6.45) is 5.22. The Balaban J connectivity index is 2.43. The first-order valence-corrected chi connectivity index (χ1v) is 3.20. The maximum atomic E-state index is 12.4. The van der Waals surface area contributed by atoms with E-state index in [1.807, 2.05) is 0 Å². The lowest BCUT2D eigenvalue weighted by atomic mass is 10.6. The van der Waals surface area contributed by atoms with E-state index in [-0.39, 0.29) is 0 Å². The highest BCUT2D eigenvalue weighted by Crippen LogP contribution is 1.96. The Bertz CT molecular complexity index is 354. The number of hydrogen-bond acceptors (Lipinski definition) is 4. The van der Waals surface area contributed by atoms with Crippen LogP contribution in [-0.4, -0.2) is 25.0 Å². The maximum Gasteiger partial charge on any atom is 0.252 e. The fourth-order valence-electron chi connectivity index (χ4n) is 0.739. The third kappa shape index (κ3) is 1.14. The zero-order valence-corrected chi connectivity index (χ0v) is 5.92. The van der Waals surface area contributed by atoms with Crippen LogP contribution in [-0.2, 0) is 0 Å². The molecule has 2 rings (SSSR count). The molecule has 60 valence electrons. The van der Waals surface area contributed by atoms with Gasteiger partial charge in [-0.2, -0.15) is 4.68 Å². The fraction of sp³-hybridized carbons (Fsp3) is 0. The molecule has 0 aliphatic rings. The molecular weight excluding hydrogens is 161 g/mol. The molecule has 0 atom stereocenters. The van der Waals surface area contributed by atoms with E-state index in [0.717, 1.165) is 12.4 Å². The summed E-state index contributed by atoms with van der Waals surface area (Å²) < 4.78 is 13.7. The van der Waals surface area contributed by atoms with Crippen LogP contribution >= 0.6 is 0 Å². The van der Waals surface area contributed by atoms with Crippen molar-refractivity contribution in [1.29, 1.82) is 0 Å². The standard InChI is InChI=1S/C6H4FN5/c7-5-3-8-6(9-4-5)12-2-1-10-11-12/h1-4H. The van der Waals surface area contributed by atoms with Crippen LogP contribution in [0.5, 0.6) is 0 Å². The number of hydrogen-bond donors (Lipinski definition) is 0. The normalized spacial score (nSPS) is 10.1. The van der Waals surface area contributed by atoms with E-state index in [9.17, 15) is 4.39 Å². The Labute approximate surface area is 66.9 Å². The summed E-state index contributed by atoms with van der Waals surface area (Å²) in [4.78, 5) is 7.39. The van der Waals surface area contributed by atoms with Gasteiger partial charge in [-0.25, -0.2) is 14.4 Å². The zero-order chi connectivity index (χ0) is 8.39. The fourth-order valence-corrected chi connectivity index (χ4v) is 0.739. The van der Waals surface area contributed by atoms with Crippen LogP contribution in [0.15, 0.2) is 24.8 Å². The molecule has 2 aromatic rings. The number of nitrogens with zero attached hydrogens (tertiary/aromatic N) is 5. The largest absolute Gasteiger partial charge is 0.252 e. The molecule has 0 N–H and O–H groups in total. The van der Waals surface area contributed by atoms with Crippen molar-refractivity contribution in [2.24, 2.45) is 0 Å². The van der Waals surface area contributed by atoms with Gasteiger partial charge in [0.25, 0.3) is 5.95 Å². The summed E-state index contributed by atoms with van der Waals surface area (Å²) in [7, 11) is 0. The molecule has 0 bridgehead atoms. The molecule has 0 saturated heterocycles. The van der Waals surface area contributed by atoms with Crippen molar-refractivity contribution < 1.29 is 4.39 Å². The summed E-state index contributed by atoms with van der Waals surface area (Å²) in [5.74, 6) is -0.173. The van der Waals surface area contributed by atoms with Crippen molar-refractivity contribution in [2.45, 2.75) is 0 Å². The maximum absolute atomic E-state index is 12.4. The van der Waals surface area contributed by atoms with Crippen molar-refractivity contribution in [1.82, 2.24) is 25.0 Å². The van der Waals surface area contributed by atoms with Crippen molar-refractivity contribution in [2.75, 3.05) is 0 Å². The first-order chi connectivity index (χ1) is 5.86. The Morgan fingerprint density at radius 3 is 2.58 bits per heavy atom. The van der Waals surface area contributed by atoms with Gasteiger partial charge in [0.1, 0.15) is 0 Å². The van der Waals surface area contributed by atoms with E-state index in [2.05, 4.69) is 20.3 Å². The molecule has 0 unspecified atom stereocenters. The average molecular weight is 165 g/mol. The average Bonchev–Trinajstić information content (AvgIpc) is 2.58. The number of rotatable bonds is 1. The second-order valence-corrected chi connectivity index (χ2v) is 2.05. The Morgan fingerprint density at radius 1 is 1.25 bits per heavy atom. The summed E-state index contributed by atoms with van der Waals surface area (Å²) in [5, 5.41) is 7.20. The highest BCUT2D eigenvalue weighted by atomic mass is 19.1. The zero-order valence-electron chi connectivity index (χ0n) is 5.92. The SMILES string of the molecule is Fc1cnc(-n2ccnn2)nc1. The van der Waals surface area contributed by atoms with Crippen LogP contribution in [0.2, 0.25) is 0 Å². The Morgan fingerprint density at radius 2 is 2.00 bits per heavy atom. The molecule has 0 radical (unpaired) electrons. The summed E-state index contributed by atoms with van der Waals surface area (Å²) in [6, 6.07) is 0. The van der Waals surface area contributed by atoms with E-state index in [4.69, 9.17) is 0 Å². The van der Waals surface area contributed by atoms with Crippen LogP contribution in [0.4, 0.5) is 4.39 Å². The first kappa shape index (κ1) is 6.84. The number of aromatic nitrogens is 5. The van der Waals surface area contributed by atoms with E-state index >= 15 is 0 Å². The minimum Gasteiger partial charge on any atom is -0.217 e. The highest BCUT2D eigenvalue weighted by molar-refractivity contribution is 5.06. The monoisotopic (exact) mass is 165 g/mol. The van der Waals surface area contributed by atoms with Gasteiger partial charge in [0, 0.05) is 0 Å². The van der Waals surface area contributed by atoms with Crippen molar-refractivity contribution in [3.05, 3.63) is 30.6 Å². The lowest BCUT2D eigenvalue weighted by Gasteiger charge is -1.94. The molecule has 0 aliphatic carbocycles. The molecule has 0 fully saturated rings. The summed E-state index contributed by atoms with van der Waals surface area (Å²) in [5.41, 5.74) is 0. The topological polar surface area (TPSA) is 56.5 Å². The summed E-state index contributed by atoms with van der Waals surface area (Å²) >= 11 is 0. The van der Waals surface area contributed by atoms with E-state index in [0.29, 0.717) is 5.95 Å². The molecular formula is C6H4FN5. The van der Waals surface area contributed by atoms with Crippen LogP contribution < -0.4 is 0 Å². The second kappa shape index (κ2) is 2.65. The van der Waals surface area contributed by atoms with Crippen molar-refractivity contribution in [3.8, 4) is 5.95 Å². The van der Waals surface area contributed by atoms with Crippen LogP contribution in [0.1, 0.15) is 0 Å². The molecule has 0 aliphatic heterocycles. The van der Waals surface area contributed by atoms with Crippen LogP contribution in [0, 0.1) is 5.82 Å². The molecule has 12 heavy (non-hydrogen) atoms. The van der Waals surface area contributed by atoms with E-state index in [1.165, 1.54) is 10.9 Å². The van der Waals surface area contributed by atoms with Crippen molar-refractivity contribution in [3.63, 3.8) is 0 Å². The van der Waals surface area contributed by atoms with Crippen molar-refractivity contribution >= 4 is 0 Å². The second-order valence-electron chi connectivity index (χ2n) is 2.05. The number of halogens is 1. The molecule has 6 heteroatoms. The van der Waals surface area contributed by atoms with E-state index < -0.39 is 5.82 Å². The molecule has 0 amide bonds. The lowest BCUT2D eigenvalue weighted by Crippen LogP contribution is -2.01. The van der Waals surface area contributed by atoms with Crippen LogP contribution in [0.3, 0.4) is 0 Å². The van der Waals surface area contributed by atoms with Gasteiger partial charge in [-0.3, -0.25) is 0 Å². The molecule has 5 nitrogen and oxygen atoms in total. The Kier molecular flexibility index (Phi) is 1.51. The highest BCUT2D eigenvalue weighted by Gasteiger charge is 1.98. The third-order valence-electron chi connectivity index (χ3n) is 1.23. The minimum absolute atomic E-state index is 0.300. The minimum atomic E-state index is -0.473. The van der Waals surface area contributed by atoms with Gasteiger partial charge in [0.15, 0.2) is 5.82 Å².